The van der Waals surface area contributed by atoms with E-state index in [1.165, 1.54) is 0 Å². The number of carbonyl (C=O) groups is 4. The number of carboxylic acids is 1. The quantitative estimate of drug-likeness (QED) is 0.181. The highest BCUT2D eigenvalue weighted by Crippen LogP contribution is 2.52. The van der Waals surface area contributed by atoms with Gasteiger partial charge in [0.25, 0.3) is 17.7 Å². The molecule has 3 amide bonds. The zero-order chi connectivity index (χ0) is 64.7. The van der Waals surface area contributed by atoms with Gasteiger partial charge in [0.05, 0.1) is 56.2 Å². The van der Waals surface area contributed by atoms with Crippen LogP contribution in [0.4, 0.5) is 0 Å². The van der Waals surface area contributed by atoms with E-state index >= 15 is 0 Å². The molecule has 2 saturated heterocycles. The largest absolute Gasteiger partial charge is 0.478 e. The fourth-order valence-corrected chi connectivity index (χ4v) is 14.0. The molecule has 2 aromatic rings. The third kappa shape index (κ3) is 16.7. The number of amides is 3. The predicted molar refractivity (Wildman–Crippen MR) is 349 cm³/mol. The second-order valence-corrected chi connectivity index (χ2v) is 30.3. The fourth-order valence-electron chi connectivity index (χ4n) is 14.0. The molecule has 6 heterocycles. The molecule has 21 heteroatoms. The van der Waals surface area contributed by atoms with Crippen LogP contribution in [0.3, 0.4) is 0 Å². The van der Waals surface area contributed by atoms with Crippen molar-refractivity contribution in [3.63, 3.8) is 0 Å². The van der Waals surface area contributed by atoms with E-state index in [2.05, 4.69) is 153 Å². The number of amidine groups is 4. The number of rotatable bonds is 12. The third-order valence-corrected chi connectivity index (χ3v) is 19.5. The summed E-state index contributed by atoms with van der Waals surface area (Å²) in [7, 11) is 0. The van der Waals surface area contributed by atoms with Crippen LogP contribution in [0.25, 0.3) is 0 Å². The van der Waals surface area contributed by atoms with Gasteiger partial charge < -0.3 is 45.2 Å². The van der Waals surface area contributed by atoms with Crippen molar-refractivity contribution in [2.45, 2.75) is 222 Å². The molecule has 2 spiro atoms. The van der Waals surface area contributed by atoms with Gasteiger partial charge in [0, 0.05) is 18.7 Å². The second-order valence-electron chi connectivity index (χ2n) is 30.3. The molecule has 0 aromatic heterocycles. The minimum Gasteiger partial charge on any atom is -0.478 e. The van der Waals surface area contributed by atoms with Gasteiger partial charge in [0.1, 0.15) is 30.3 Å². The Labute approximate surface area is 529 Å². The van der Waals surface area contributed by atoms with Crippen LogP contribution >= 0.6 is 0 Å². The Morgan fingerprint density at radius 1 is 0.618 bits per heavy atom. The van der Waals surface area contributed by atoms with E-state index in [4.69, 9.17) is 25.2 Å². The second kappa shape index (κ2) is 28.4. The summed E-state index contributed by atoms with van der Waals surface area (Å²) in [6.45, 7) is 36.2. The van der Waals surface area contributed by atoms with Crippen molar-refractivity contribution in [2.75, 3.05) is 52.6 Å². The Kier molecular flexibility index (Phi) is 21.8. The number of nitrogens with zero attached hydrogens (tertiary/aromatic N) is 12. The maximum Gasteiger partial charge on any atom is 0.335 e. The number of nitrogens with two attached hydrogens (primary N) is 1. The summed E-state index contributed by atoms with van der Waals surface area (Å²) in [6, 6.07) is 14.8. The average molecular weight is 1230 g/mol. The van der Waals surface area contributed by atoms with Gasteiger partial charge in [0.2, 0.25) is 0 Å². The molecule has 488 valence electrons. The Hall–Kier alpha value is -6.48. The monoisotopic (exact) mass is 1230 g/mol. The SMILES string of the molecule is CCC1COCCN1C1=NC2(CCC(C(C)(C)C)CC2)N([C@H](CCC(C)(C)C)c2ccc(C(=O)NC3=NN=NC3)cc2)C1=O.CCC1COCCN1C1=NC2(CCC(C(C)(C)C)CC2)N([C@H](CCC(C)(C)C)c2ccc(C(=O)O)cc2)C1=O.NC1=NN=NC1. The van der Waals surface area contributed by atoms with E-state index in [-0.39, 0.29) is 75.7 Å². The van der Waals surface area contributed by atoms with Crippen LogP contribution in [0.5, 0.6) is 0 Å². The zero-order valence-electron chi connectivity index (χ0n) is 56.0. The first-order valence-electron chi connectivity index (χ1n) is 32.9. The van der Waals surface area contributed by atoms with Crippen LogP contribution in [0.15, 0.2) is 89.4 Å². The molecule has 0 bridgehead atoms. The summed E-state index contributed by atoms with van der Waals surface area (Å²) in [5, 5.41) is 33.6. The van der Waals surface area contributed by atoms with E-state index in [9.17, 15) is 24.3 Å². The van der Waals surface area contributed by atoms with Crippen LogP contribution in [-0.4, -0.2) is 148 Å². The van der Waals surface area contributed by atoms with Crippen molar-refractivity contribution in [3.05, 3.63) is 70.8 Å². The number of morpholine rings is 2. The number of hydrogen-bond acceptors (Lipinski definition) is 17. The highest BCUT2D eigenvalue weighted by Gasteiger charge is 2.56. The normalized spacial score (nSPS) is 26.3. The number of carboxylic acid groups (broad SMARTS) is 1. The molecular weight excluding hydrogens is 1120 g/mol. The molecular formula is C68H104N14O7. The number of aliphatic imine (C=N–C) groups is 2. The Morgan fingerprint density at radius 3 is 1.35 bits per heavy atom. The highest BCUT2D eigenvalue weighted by molar-refractivity contribution is 6.40. The van der Waals surface area contributed by atoms with Gasteiger partial charge in [0.15, 0.2) is 17.5 Å². The van der Waals surface area contributed by atoms with Gasteiger partial charge in [-0.1, -0.05) is 121 Å². The van der Waals surface area contributed by atoms with Crippen LogP contribution in [-0.2, 0) is 19.1 Å². The number of ether oxygens (including phenoxy) is 2. The third-order valence-electron chi connectivity index (χ3n) is 19.5. The minimum absolute atomic E-state index is 0.0192. The molecule has 6 aliphatic heterocycles. The first-order chi connectivity index (χ1) is 42.0. The first kappa shape index (κ1) is 68.4. The first-order valence-corrected chi connectivity index (χ1v) is 32.9. The fraction of sp³-hybridized carbons (Fsp3) is 0.706. The van der Waals surface area contributed by atoms with Crippen molar-refractivity contribution in [1.82, 2.24) is 24.9 Å². The topological polar surface area (TPSA) is 257 Å². The summed E-state index contributed by atoms with van der Waals surface area (Å²) in [4.78, 5) is 73.3. The Balaban J connectivity index is 0.000000211. The van der Waals surface area contributed by atoms with Crippen molar-refractivity contribution in [3.8, 4) is 0 Å². The number of aromatic carboxylic acids is 1. The molecule has 10 rings (SSSR count). The van der Waals surface area contributed by atoms with Crippen LogP contribution < -0.4 is 11.1 Å². The number of nitrogens with one attached hydrogen (secondary N) is 1. The average Bonchev–Trinajstić information content (AvgIpc) is 1.61. The summed E-state index contributed by atoms with van der Waals surface area (Å²) >= 11 is 0. The van der Waals surface area contributed by atoms with Crippen LogP contribution in [0, 0.1) is 33.5 Å². The van der Waals surface area contributed by atoms with Crippen molar-refractivity contribution < 1.29 is 33.8 Å². The van der Waals surface area contributed by atoms with E-state index in [1.54, 1.807) is 12.1 Å². The lowest BCUT2D eigenvalue weighted by molar-refractivity contribution is -0.135. The Bertz CT molecular complexity index is 2980. The molecule has 4 fully saturated rings. The lowest BCUT2D eigenvalue weighted by Gasteiger charge is -2.47. The molecule has 2 aliphatic carbocycles. The molecule has 21 nitrogen and oxygen atoms in total. The van der Waals surface area contributed by atoms with E-state index in [0.717, 1.165) is 101 Å². The van der Waals surface area contributed by atoms with Crippen molar-refractivity contribution in [2.24, 2.45) is 80.1 Å². The molecule has 0 radical (unpaired) electrons. The number of benzene rings is 2. The van der Waals surface area contributed by atoms with Crippen LogP contribution in [0.1, 0.15) is 231 Å². The maximum atomic E-state index is 14.7. The summed E-state index contributed by atoms with van der Waals surface area (Å²) in [5.41, 5.74) is 7.39. The van der Waals surface area contributed by atoms with Gasteiger partial charge >= 0.3 is 5.97 Å². The van der Waals surface area contributed by atoms with E-state index in [1.807, 2.05) is 36.4 Å². The van der Waals surface area contributed by atoms with E-state index < -0.39 is 17.3 Å². The summed E-state index contributed by atoms with van der Waals surface area (Å²) < 4.78 is 11.6. The zero-order valence-corrected chi connectivity index (χ0v) is 56.0. The predicted octanol–water partition coefficient (Wildman–Crippen LogP) is 12.6. The van der Waals surface area contributed by atoms with Gasteiger partial charge in [-0.3, -0.25) is 14.4 Å². The number of hydrogen-bond donors (Lipinski definition) is 3. The highest BCUT2D eigenvalue weighted by atomic mass is 16.5. The van der Waals surface area contributed by atoms with E-state index in [0.29, 0.717) is 86.8 Å². The van der Waals surface area contributed by atoms with Gasteiger partial charge in [-0.25, -0.2) is 14.8 Å². The van der Waals surface area contributed by atoms with Gasteiger partial charge in [-0.05, 0) is 169 Å². The van der Waals surface area contributed by atoms with Crippen molar-refractivity contribution >= 4 is 47.0 Å². The molecule has 4 N–H and O–H groups in total. The lowest BCUT2D eigenvalue weighted by atomic mass is 9.69. The van der Waals surface area contributed by atoms with Gasteiger partial charge in [-0.15, -0.1) is 10.2 Å². The lowest BCUT2D eigenvalue weighted by Crippen LogP contribution is -2.54. The van der Waals surface area contributed by atoms with Gasteiger partial charge in [-0.2, -0.15) is 10.2 Å². The minimum atomic E-state index is -0.939. The van der Waals surface area contributed by atoms with Crippen molar-refractivity contribution in [1.29, 1.82) is 0 Å². The Morgan fingerprint density at radius 2 is 1.02 bits per heavy atom. The maximum absolute atomic E-state index is 14.7. The smallest absolute Gasteiger partial charge is 0.335 e. The summed E-state index contributed by atoms with van der Waals surface area (Å²) in [6.07, 6.45) is 12.9. The molecule has 2 aromatic carbocycles. The summed E-state index contributed by atoms with van der Waals surface area (Å²) in [5.74, 6) is 2.20. The molecule has 2 saturated carbocycles. The molecule has 8 aliphatic rings. The number of carbonyl (C=O) groups excluding carboxylic acids is 3. The standard InChI is InChI=1S/C34H51N7O3.C32H49N3O4.C2H4N4/c1-8-26-22-44-20-19-40(26)29-31(43)41(34(37-29)17-13-25(14-18-34)33(5,6)7)27(15-16-32(2,3)4)23-9-11-24(12-10-23)30(42)36-28-21-35-39-38-28;1-8-25-21-39-20-19-34(25)27-28(36)35(32(33-27)17-13-24(14-18-32)31(5,6)7)26(15-16-30(2,3)4)22-9-11-23(12-10-22)29(37)38;3-2-1-4-6-5-2/h9-12,25-27H,8,13-22H2,1-7H3,(H,35,36,38,42);9-12,24-26H,8,13-21H2,1-7H3,(H,37,38);1H2,(H2,3,4,5)/t25?,26?,27-,34?;24?,25?,26-,32?;/m11./s1. The van der Waals surface area contributed by atoms with Crippen LogP contribution in [0.2, 0.25) is 0 Å². The molecule has 4 atom stereocenters. The molecule has 2 unspecified atom stereocenters. The molecule has 89 heavy (non-hydrogen) atoms.